The summed E-state index contributed by atoms with van der Waals surface area (Å²) in [5.41, 5.74) is 6.13. The second kappa shape index (κ2) is 4.14. The van der Waals surface area contributed by atoms with Crippen molar-refractivity contribution < 1.29 is 5.11 Å². The van der Waals surface area contributed by atoms with Crippen molar-refractivity contribution >= 4 is 28.8 Å². The Labute approximate surface area is 95.4 Å². The number of nitrogen functional groups attached to an aromatic ring is 1. The number of aromatic nitrogens is 2. The van der Waals surface area contributed by atoms with Crippen LogP contribution >= 0.6 is 22.9 Å². The maximum absolute atomic E-state index is 9.96. The van der Waals surface area contributed by atoms with Crippen molar-refractivity contribution in [2.75, 3.05) is 5.73 Å². The van der Waals surface area contributed by atoms with Gasteiger partial charge in [0, 0.05) is 23.3 Å². The molecule has 0 saturated carbocycles. The van der Waals surface area contributed by atoms with E-state index >= 15 is 0 Å². The Morgan fingerprint density at radius 1 is 1.47 bits per heavy atom. The molecule has 2 aromatic rings. The Morgan fingerprint density at radius 3 is 2.93 bits per heavy atom. The van der Waals surface area contributed by atoms with Crippen LogP contribution in [0.3, 0.4) is 0 Å². The SMILES string of the molecule is Nc1ncc(Cl)cc1C(O)c1nccs1. The van der Waals surface area contributed by atoms with E-state index in [1.807, 2.05) is 0 Å². The minimum atomic E-state index is -0.865. The average Bonchev–Trinajstić information content (AvgIpc) is 2.74. The largest absolute Gasteiger partial charge is 0.383 e. The molecule has 0 bridgehead atoms. The van der Waals surface area contributed by atoms with Gasteiger partial charge in [-0.2, -0.15) is 0 Å². The zero-order valence-corrected chi connectivity index (χ0v) is 9.16. The normalized spacial score (nSPS) is 12.7. The zero-order valence-electron chi connectivity index (χ0n) is 7.59. The lowest BCUT2D eigenvalue weighted by Crippen LogP contribution is -2.05. The maximum Gasteiger partial charge on any atom is 0.134 e. The smallest absolute Gasteiger partial charge is 0.134 e. The van der Waals surface area contributed by atoms with Crippen molar-refractivity contribution in [3.8, 4) is 0 Å². The fourth-order valence-electron chi connectivity index (χ4n) is 1.19. The summed E-state index contributed by atoms with van der Waals surface area (Å²) in [6, 6.07) is 1.59. The van der Waals surface area contributed by atoms with E-state index in [1.54, 1.807) is 17.6 Å². The molecule has 15 heavy (non-hydrogen) atoms. The molecule has 1 atom stereocenters. The molecule has 0 fully saturated rings. The number of anilines is 1. The molecule has 3 N–H and O–H groups in total. The number of aliphatic hydroxyl groups is 1. The lowest BCUT2D eigenvalue weighted by Gasteiger charge is -2.10. The molecule has 0 aromatic carbocycles. The molecule has 0 aliphatic rings. The van der Waals surface area contributed by atoms with E-state index in [2.05, 4.69) is 9.97 Å². The summed E-state index contributed by atoms with van der Waals surface area (Å²) < 4.78 is 0. The van der Waals surface area contributed by atoms with E-state index in [4.69, 9.17) is 17.3 Å². The minimum absolute atomic E-state index is 0.266. The molecule has 0 amide bonds. The lowest BCUT2D eigenvalue weighted by atomic mass is 10.1. The molecule has 4 nitrogen and oxygen atoms in total. The van der Waals surface area contributed by atoms with Gasteiger partial charge in [-0.1, -0.05) is 11.6 Å². The van der Waals surface area contributed by atoms with Gasteiger partial charge >= 0.3 is 0 Å². The van der Waals surface area contributed by atoms with Crippen LogP contribution in [0, 0.1) is 0 Å². The number of pyridine rings is 1. The van der Waals surface area contributed by atoms with E-state index in [1.165, 1.54) is 17.5 Å². The molecular weight excluding hydrogens is 234 g/mol. The molecule has 0 spiro atoms. The molecule has 1 unspecified atom stereocenters. The standard InChI is InChI=1S/C9H8ClN3OS/c10-5-3-6(8(11)13-4-5)7(14)9-12-1-2-15-9/h1-4,7,14H,(H2,11,13). The summed E-state index contributed by atoms with van der Waals surface area (Å²) in [7, 11) is 0. The molecule has 0 aliphatic heterocycles. The van der Waals surface area contributed by atoms with Crippen LogP contribution < -0.4 is 5.73 Å². The molecule has 78 valence electrons. The van der Waals surface area contributed by atoms with Crippen molar-refractivity contribution in [3.05, 3.63) is 39.4 Å². The van der Waals surface area contributed by atoms with Crippen molar-refractivity contribution in [3.63, 3.8) is 0 Å². The first-order valence-corrected chi connectivity index (χ1v) is 5.42. The zero-order chi connectivity index (χ0) is 10.8. The van der Waals surface area contributed by atoms with E-state index in [0.717, 1.165) is 0 Å². The van der Waals surface area contributed by atoms with Crippen molar-refractivity contribution in [2.45, 2.75) is 6.10 Å². The van der Waals surface area contributed by atoms with Crippen LogP contribution in [0.2, 0.25) is 5.02 Å². The summed E-state index contributed by atoms with van der Waals surface area (Å²) in [6.45, 7) is 0. The Kier molecular flexibility index (Phi) is 2.86. The maximum atomic E-state index is 9.96. The van der Waals surface area contributed by atoms with Crippen LogP contribution in [0.15, 0.2) is 23.8 Å². The van der Waals surface area contributed by atoms with Gasteiger partial charge in [-0.05, 0) is 6.07 Å². The summed E-state index contributed by atoms with van der Waals surface area (Å²) in [5.74, 6) is 0.266. The van der Waals surface area contributed by atoms with Gasteiger partial charge in [0.05, 0.1) is 5.02 Å². The molecule has 0 saturated heterocycles. The Bertz CT molecular complexity index is 460. The van der Waals surface area contributed by atoms with Gasteiger partial charge in [0.25, 0.3) is 0 Å². The first-order valence-electron chi connectivity index (χ1n) is 4.17. The van der Waals surface area contributed by atoms with E-state index in [-0.39, 0.29) is 5.82 Å². The molecule has 0 radical (unpaired) electrons. The summed E-state index contributed by atoms with van der Waals surface area (Å²) >= 11 is 7.13. The molecule has 6 heteroatoms. The highest BCUT2D eigenvalue weighted by molar-refractivity contribution is 7.09. The number of nitrogens with two attached hydrogens (primary N) is 1. The fraction of sp³-hybridized carbons (Fsp3) is 0.111. The lowest BCUT2D eigenvalue weighted by molar-refractivity contribution is 0.220. The molecule has 2 rings (SSSR count). The van der Waals surface area contributed by atoms with Crippen molar-refractivity contribution in [2.24, 2.45) is 0 Å². The Balaban J connectivity index is 2.41. The highest BCUT2D eigenvalue weighted by atomic mass is 35.5. The van der Waals surface area contributed by atoms with Gasteiger partial charge in [-0.25, -0.2) is 9.97 Å². The number of hydrogen-bond donors (Lipinski definition) is 2. The monoisotopic (exact) mass is 241 g/mol. The third-order valence-electron chi connectivity index (χ3n) is 1.90. The van der Waals surface area contributed by atoms with Gasteiger partial charge in [-0.15, -0.1) is 11.3 Å². The topological polar surface area (TPSA) is 72.0 Å². The molecule has 2 aromatic heterocycles. The van der Waals surface area contributed by atoms with Crippen molar-refractivity contribution in [1.29, 1.82) is 0 Å². The van der Waals surface area contributed by atoms with Crippen LogP contribution in [0.1, 0.15) is 16.7 Å². The molecular formula is C9H8ClN3OS. The van der Waals surface area contributed by atoms with E-state index in [0.29, 0.717) is 15.6 Å². The molecule has 2 heterocycles. The summed E-state index contributed by atoms with van der Waals surface area (Å²) in [4.78, 5) is 7.88. The highest BCUT2D eigenvalue weighted by Gasteiger charge is 2.16. The number of rotatable bonds is 2. The number of hydrogen-bond acceptors (Lipinski definition) is 5. The van der Waals surface area contributed by atoms with Crippen molar-refractivity contribution in [1.82, 2.24) is 9.97 Å². The number of thiazole rings is 1. The van der Waals surface area contributed by atoms with Gasteiger partial charge in [0.1, 0.15) is 16.9 Å². The summed E-state index contributed by atoms with van der Waals surface area (Å²) in [6.07, 6.45) is 2.20. The second-order valence-corrected chi connectivity index (χ2v) is 4.26. The van der Waals surface area contributed by atoms with Crippen LogP contribution in [0.4, 0.5) is 5.82 Å². The Morgan fingerprint density at radius 2 is 2.27 bits per heavy atom. The third-order valence-corrected chi connectivity index (χ3v) is 2.93. The van der Waals surface area contributed by atoms with E-state index < -0.39 is 6.10 Å². The van der Waals surface area contributed by atoms with Crippen LogP contribution in [-0.4, -0.2) is 15.1 Å². The van der Waals surface area contributed by atoms with E-state index in [9.17, 15) is 5.11 Å². The Hall–Kier alpha value is -1.17. The van der Waals surface area contributed by atoms with Gasteiger partial charge < -0.3 is 10.8 Å². The number of aliphatic hydroxyl groups excluding tert-OH is 1. The predicted octanol–water partition coefficient (Wildman–Crippen LogP) is 1.86. The minimum Gasteiger partial charge on any atom is -0.383 e. The predicted molar refractivity (Wildman–Crippen MR) is 59.8 cm³/mol. The van der Waals surface area contributed by atoms with Crippen LogP contribution in [0.5, 0.6) is 0 Å². The summed E-state index contributed by atoms with van der Waals surface area (Å²) in [5, 5.41) is 12.8. The first-order chi connectivity index (χ1) is 7.18. The van der Waals surface area contributed by atoms with Gasteiger partial charge in [-0.3, -0.25) is 0 Å². The molecule has 0 aliphatic carbocycles. The fourth-order valence-corrected chi connectivity index (χ4v) is 1.99. The number of nitrogens with zero attached hydrogens (tertiary/aromatic N) is 2. The first kappa shape index (κ1) is 10.4. The quantitative estimate of drug-likeness (QED) is 0.842. The second-order valence-electron chi connectivity index (χ2n) is 2.90. The average molecular weight is 242 g/mol. The van der Waals surface area contributed by atoms with Gasteiger partial charge in [0.2, 0.25) is 0 Å². The van der Waals surface area contributed by atoms with Crippen LogP contribution in [0.25, 0.3) is 0 Å². The van der Waals surface area contributed by atoms with Gasteiger partial charge in [0.15, 0.2) is 0 Å². The number of halogens is 1. The highest BCUT2D eigenvalue weighted by Crippen LogP contribution is 2.28. The van der Waals surface area contributed by atoms with Crippen LogP contribution in [-0.2, 0) is 0 Å². The third kappa shape index (κ3) is 2.09.